The van der Waals surface area contributed by atoms with Crippen molar-refractivity contribution in [1.82, 2.24) is 14.8 Å². The second-order valence-corrected chi connectivity index (χ2v) is 8.42. The van der Waals surface area contributed by atoms with Gasteiger partial charge in [0.2, 0.25) is 9.84 Å². The van der Waals surface area contributed by atoms with E-state index in [4.69, 9.17) is 0 Å². The average Bonchev–Trinajstić information content (AvgIpc) is 3.09. The number of rotatable bonds is 3. The molecule has 1 aromatic carbocycles. The van der Waals surface area contributed by atoms with Gasteiger partial charge in [-0.3, -0.25) is 0 Å². The zero-order valence-electron chi connectivity index (χ0n) is 12.7. The summed E-state index contributed by atoms with van der Waals surface area (Å²) in [6, 6.07) is 2.51. The second-order valence-electron chi connectivity index (χ2n) is 6.29. The first kappa shape index (κ1) is 16.5. The summed E-state index contributed by atoms with van der Waals surface area (Å²) in [7, 11) is -3.98. The standard InChI is InChI=1S/C15H13F4N3O2S/c16-7-4-8(5-7)25(23,24)15-20-14-11(18)6-12(22(14)21-15)9-2-1-3-10(17)13(9)19/h1-3,7-8,11-12H,4-6H2/t7-,8-,11-,12-/m0/s1. The minimum Gasteiger partial charge on any atom is -0.247 e. The van der Waals surface area contributed by atoms with Gasteiger partial charge in [-0.25, -0.2) is 30.7 Å². The maximum atomic E-state index is 14.3. The average molecular weight is 375 g/mol. The van der Waals surface area contributed by atoms with Gasteiger partial charge in [0.05, 0.1) is 11.3 Å². The van der Waals surface area contributed by atoms with Crippen molar-refractivity contribution in [2.24, 2.45) is 0 Å². The lowest BCUT2D eigenvalue weighted by atomic mass is 9.97. The van der Waals surface area contributed by atoms with Gasteiger partial charge in [0.15, 0.2) is 23.6 Å². The molecule has 1 aromatic heterocycles. The highest BCUT2D eigenvalue weighted by atomic mass is 32.2. The summed E-state index contributed by atoms with van der Waals surface area (Å²) in [5.74, 6) is -2.46. The van der Waals surface area contributed by atoms with Crippen LogP contribution in [0, 0.1) is 11.6 Å². The number of sulfone groups is 1. The van der Waals surface area contributed by atoms with Crippen LogP contribution < -0.4 is 0 Å². The molecular formula is C15H13F4N3O2S. The molecule has 4 rings (SSSR count). The van der Waals surface area contributed by atoms with Crippen LogP contribution in [0.5, 0.6) is 0 Å². The molecule has 0 amide bonds. The van der Waals surface area contributed by atoms with Crippen LogP contribution in [-0.4, -0.2) is 34.6 Å². The van der Waals surface area contributed by atoms with Crippen LogP contribution in [0.1, 0.15) is 42.9 Å². The van der Waals surface area contributed by atoms with E-state index in [1.54, 1.807) is 0 Å². The van der Waals surface area contributed by atoms with E-state index in [1.807, 2.05) is 0 Å². The van der Waals surface area contributed by atoms with Gasteiger partial charge in [-0.15, -0.1) is 5.10 Å². The molecule has 25 heavy (non-hydrogen) atoms. The van der Waals surface area contributed by atoms with Crippen LogP contribution in [0.25, 0.3) is 0 Å². The molecule has 2 heterocycles. The fraction of sp³-hybridized carbons (Fsp3) is 0.467. The third-order valence-corrected chi connectivity index (χ3v) is 6.66. The van der Waals surface area contributed by atoms with Gasteiger partial charge in [0.1, 0.15) is 6.17 Å². The van der Waals surface area contributed by atoms with Gasteiger partial charge in [-0.1, -0.05) is 12.1 Å². The first-order chi connectivity index (χ1) is 11.8. The van der Waals surface area contributed by atoms with E-state index in [0.717, 1.165) is 10.7 Å². The van der Waals surface area contributed by atoms with Crippen molar-refractivity contribution in [2.75, 3.05) is 0 Å². The molecule has 2 atom stereocenters. The Morgan fingerprint density at radius 2 is 1.84 bits per heavy atom. The maximum Gasteiger partial charge on any atom is 0.267 e. The molecule has 0 unspecified atom stereocenters. The Morgan fingerprint density at radius 3 is 2.52 bits per heavy atom. The van der Waals surface area contributed by atoms with Crippen LogP contribution in [-0.2, 0) is 9.84 Å². The minimum atomic E-state index is -3.98. The summed E-state index contributed by atoms with van der Waals surface area (Å²) < 4.78 is 80.4. The Kier molecular flexibility index (Phi) is 3.64. The number of benzene rings is 1. The number of aromatic nitrogens is 3. The van der Waals surface area contributed by atoms with Crippen LogP contribution >= 0.6 is 0 Å². The Hall–Kier alpha value is -1.97. The van der Waals surface area contributed by atoms with Crippen molar-refractivity contribution < 1.29 is 26.0 Å². The predicted octanol–water partition coefficient (Wildman–Crippen LogP) is 2.83. The quantitative estimate of drug-likeness (QED) is 0.774. The molecular weight excluding hydrogens is 362 g/mol. The lowest BCUT2D eigenvalue weighted by Crippen LogP contribution is -2.37. The Balaban J connectivity index is 1.74. The van der Waals surface area contributed by atoms with Crippen molar-refractivity contribution in [3.63, 3.8) is 0 Å². The number of hydrogen-bond acceptors (Lipinski definition) is 4. The Labute approximate surface area is 140 Å². The van der Waals surface area contributed by atoms with Gasteiger partial charge in [0.25, 0.3) is 5.16 Å². The summed E-state index contributed by atoms with van der Waals surface area (Å²) in [5, 5.41) is 2.30. The number of alkyl halides is 2. The van der Waals surface area contributed by atoms with E-state index in [9.17, 15) is 26.0 Å². The number of fused-ring (bicyclic) bond motifs is 1. The van der Waals surface area contributed by atoms with Gasteiger partial charge >= 0.3 is 0 Å². The lowest BCUT2D eigenvalue weighted by molar-refractivity contribution is 0.213. The number of nitrogens with zero attached hydrogens (tertiary/aromatic N) is 3. The summed E-state index contributed by atoms with van der Waals surface area (Å²) in [4.78, 5) is 3.75. The summed E-state index contributed by atoms with van der Waals surface area (Å²) in [6.07, 6.45) is -3.34. The summed E-state index contributed by atoms with van der Waals surface area (Å²) in [6.45, 7) is 0. The molecule has 0 saturated heterocycles. The van der Waals surface area contributed by atoms with Crippen LogP contribution in [0.2, 0.25) is 0 Å². The SMILES string of the molecule is O=S(=O)(c1nc2n(n1)[C@H](c1cccc(F)c1F)C[C@@H]2F)[C@H]1C[C@H](F)C1. The zero-order valence-corrected chi connectivity index (χ0v) is 13.6. The van der Waals surface area contributed by atoms with Crippen molar-refractivity contribution in [3.05, 3.63) is 41.2 Å². The molecule has 0 bridgehead atoms. The largest absolute Gasteiger partial charge is 0.267 e. The monoisotopic (exact) mass is 375 g/mol. The van der Waals surface area contributed by atoms with Gasteiger partial charge < -0.3 is 0 Å². The van der Waals surface area contributed by atoms with E-state index in [-0.39, 0.29) is 30.7 Å². The van der Waals surface area contributed by atoms with E-state index < -0.39 is 50.3 Å². The molecule has 1 aliphatic heterocycles. The van der Waals surface area contributed by atoms with Crippen LogP contribution in [0.15, 0.2) is 23.4 Å². The highest BCUT2D eigenvalue weighted by Gasteiger charge is 2.44. The van der Waals surface area contributed by atoms with E-state index in [1.165, 1.54) is 12.1 Å². The molecule has 1 aliphatic carbocycles. The number of halogens is 4. The normalized spacial score (nSPS) is 28.6. The molecule has 0 spiro atoms. The highest BCUT2D eigenvalue weighted by molar-refractivity contribution is 7.91. The predicted molar refractivity (Wildman–Crippen MR) is 78.1 cm³/mol. The zero-order chi connectivity index (χ0) is 17.9. The second kappa shape index (κ2) is 5.52. The third-order valence-electron chi connectivity index (χ3n) is 4.71. The summed E-state index contributed by atoms with van der Waals surface area (Å²) >= 11 is 0. The molecule has 0 N–H and O–H groups in total. The Morgan fingerprint density at radius 1 is 1.12 bits per heavy atom. The molecule has 2 aromatic rings. The van der Waals surface area contributed by atoms with Crippen molar-refractivity contribution >= 4 is 9.84 Å². The molecule has 1 saturated carbocycles. The smallest absolute Gasteiger partial charge is 0.247 e. The topological polar surface area (TPSA) is 64.8 Å². The molecule has 10 heteroatoms. The minimum absolute atomic E-state index is 0.122. The Bertz CT molecular complexity index is 940. The fourth-order valence-electron chi connectivity index (χ4n) is 3.22. The first-order valence-electron chi connectivity index (χ1n) is 7.71. The molecule has 2 aliphatic rings. The number of hydrogen-bond donors (Lipinski definition) is 0. The first-order valence-corrected chi connectivity index (χ1v) is 9.26. The highest BCUT2D eigenvalue weighted by Crippen LogP contribution is 2.41. The molecule has 134 valence electrons. The van der Waals surface area contributed by atoms with Crippen LogP contribution in [0.3, 0.4) is 0 Å². The van der Waals surface area contributed by atoms with Gasteiger partial charge in [0, 0.05) is 12.0 Å². The van der Waals surface area contributed by atoms with Gasteiger partial charge in [-0.05, 0) is 18.9 Å². The van der Waals surface area contributed by atoms with Crippen molar-refractivity contribution in [3.8, 4) is 0 Å². The molecule has 0 radical (unpaired) electrons. The van der Waals surface area contributed by atoms with Crippen molar-refractivity contribution in [1.29, 1.82) is 0 Å². The summed E-state index contributed by atoms with van der Waals surface area (Å²) in [5.41, 5.74) is -0.122. The van der Waals surface area contributed by atoms with E-state index >= 15 is 0 Å². The van der Waals surface area contributed by atoms with Crippen molar-refractivity contribution in [2.45, 2.75) is 48.1 Å². The van der Waals surface area contributed by atoms with Crippen LogP contribution in [0.4, 0.5) is 17.6 Å². The van der Waals surface area contributed by atoms with E-state index in [0.29, 0.717) is 0 Å². The third kappa shape index (κ3) is 2.45. The maximum absolute atomic E-state index is 14.3. The fourth-order valence-corrected chi connectivity index (χ4v) is 4.87. The van der Waals surface area contributed by atoms with E-state index in [2.05, 4.69) is 10.1 Å². The molecule has 1 fully saturated rings. The molecule has 5 nitrogen and oxygen atoms in total. The lowest BCUT2D eigenvalue weighted by Gasteiger charge is -2.27. The van der Waals surface area contributed by atoms with Gasteiger partial charge in [-0.2, -0.15) is 4.98 Å².